The molecule has 6 N–H and O–H groups in total. The third-order valence-electron chi connectivity index (χ3n) is 9.63. The first-order valence-electron chi connectivity index (χ1n) is 16.7. The van der Waals surface area contributed by atoms with E-state index in [1.54, 1.807) is 9.47 Å². The van der Waals surface area contributed by atoms with Crippen molar-refractivity contribution in [3.63, 3.8) is 0 Å². The summed E-state index contributed by atoms with van der Waals surface area (Å²) >= 11 is 15.9. The van der Waals surface area contributed by atoms with Gasteiger partial charge in [-0.15, -0.1) is 34.9 Å². The molecule has 3 aromatic rings. The van der Waals surface area contributed by atoms with E-state index >= 15 is 4.39 Å². The summed E-state index contributed by atoms with van der Waals surface area (Å²) in [6, 6.07) is 2.26. The number of hydrogen-bond acceptors (Lipinski definition) is 12. The second kappa shape index (κ2) is 18.5. The van der Waals surface area contributed by atoms with Crippen LogP contribution in [0.1, 0.15) is 40.5 Å². The second-order valence-electron chi connectivity index (χ2n) is 13.2. The van der Waals surface area contributed by atoms with E-state index in [1.807, 2.05) is 17.5 Å². The summed E-state index contributed by atoms with van der Waals surface area (Å²) in [7, 11) is 0. The molecule has 4 aliphatic rings. The maximum absolute atomic E-state index is 15.6. The Balaban J connectivity index is 0.00000300. The number of amides is 3. The molecular formula is C34H34ClFN6Na2O8S4. The van der Waals surface area contributed by atoms with E-state index in [1.165, 1.54) is 29.3 Å². The standard InChI is InChI=1S/C34H32ClFN6O8S4.2Na.2H/c35-23-26-17(29(45)18(32(47)48)11-41(26)15-3-4-15)9-20(36)28(23)40-6-5-14(10-40)38-22(44)13-54-34(51)24(37)19-12-53-31-25(30(46)42(31)27(19)33(49)50)39-21(43)8-16-2-1-7-52-16;;;;/h1-2,7,9,11,14-15,24-25,31H,3-6,8,10,12-13,37H2,(H,38,44)(H,39,43)(H,47,48)(H,49,50);;;;. The Kier molecular flexibility index (Phi) is 14.9. The number of aromatic nitrogens is 1. The van der Waals surface area contributed by atoms with Gasteiger partial charge in [-0.05, 0) is 42.3 Å². The summed E-state index contributed by atoms with van der Waals surface area (Å²) in [6.45, 7) is 0.541. The van der Waals surface area contributed by atoms with Gasteiger partial charge >= 0.3 is 71.1 Å². The van der Waals surface area contributed by atoms with E-state index < -0.39 is 58.2 Å². The first kappa shape index (κ1) is 45.1. The van der Waals surface area contributed by atoms with Gasteiger partial charge in [0.1, 0.15) is 28.5 Å². The summed E-state index contributed by atoms with van der Waals surface area (Å²) < 4.78 is 17.4. The van der Waals surface area contributed by atoms with Crippen molar-refractivity contribution in [3.8, 4) is 0 Å². The molecule has 0 bridgehead atoms. The number of aliphatic carboxylic acids is 1. The monoisotopic (exact) mass is 882 g/mol. The average molecular weight is 883 g/mol. The van der Waals surface area contributed by atoms with Crippen molar-refractivity contribution < 1.29 is 38.6 Å². The average Bonchev–Trinajstić information content (AvgIpc) is 3.66. The number of halogens is 2. The number of nitrogens with two attached hydrogens (primary N) is 1. The number of carboxylic acids is 2. The van der Waals surface area contributed by atoms with Crippen LogP contribution in [0.2, 0.25) is 5.02 Å². The molecule has 0 radical (unpaired) electrons. The molecule has 3 aliphatic heterocycles. The van der Waals surface area contributed by atoms with Crippen LogP contribution in [0.25, 0.3) is 10.9 Å². The number of β-lactam (4-membered cyclic amide) rings is 1. The number of thiocarbonyl (C=S) groups is 1. The molecule has 56 heavy (non-hydrogen) atoms. The molecular weight excluding hydrogens is 849 g/mol. The fourth-order valence-corrected chi connectivity index (χ4v) is 10.4. The number of benzene rings is 1. The summed E-state index contributed by atoms with van der Waals surface area (Å²) in [5.41, 5.74) is 5.40. The topological polar surface area (TPSA) is 204 Å². The fourth-order valence-electron chi connectivity index (χ4n) is 6.91. The molecule has 14 nitrogen and oxygen atoms in total. The Bertz CT molecular complexity index is 2230. The molecule has 3 amide bonds. The van der Waals surface area contributed by atoms with E-state index in [0.717, 1.165) is 40.4 Å². The molecule has 4 unspecified atom stereocenters. The van der Waals surface area contributed by atoms with Crippen LogP contribution in [0.3, 0.4) is 0 Å². The number of nitrogens with zero attached hydrogens (tertiary/aromatic N) is 3. The Hall–Kier alpha value is -2.01. The maximum atomic E-state index is 15.6. The summed E-state index contributed by atoms with van der Waals surface area (Å²) in [5, 5.41) is 26.3. The molecule has 5 heterocycles. The zero-order valence-electron chi connectivity index (χ0n) is 28.1. The van der Waals surface area contributed by atoms with Gasteiger partial charge < -0.3 is 36.0 Å². The van der Waals surface area contributed by atoms with Crippen LogP contribution in [0.15, 0.2) is 45.8 Å². The van der Waals surface area contributed by atoms with Crippen molar-refractivity contribution in [1.82, 2.24) is 20.1 Å². The number of carboxylic acid groups (broad SMARTS) is 2. The number of carbonyl (C=O) groups excluding carboxylic acids is 3. The minimum absolute atomic E-state index is 0. The number of fused-ring (bicyclic) bond motifs is 2. The van der Waals surface area contributed by atoms with Gasteiger partial charge in [-0.2, -0.15) is 0 Å². The minimum atomic E-state index is -1.41. The van der Waals surface area contributed by atoms with Crippen molar-refractivity contribution in [1.29, 1.82) is 0 Å². The SMILES string of the molecule is NC(C(=S)SCC(=O)NC1CCN(c2c(F)cc3c(=O)c(C(=O)O)cn(C4CC4)c3c2Cl)C1)C1=C(C(=O)O)N2C(=O)C(NC(=O)Cc3cccs3)C2SC1.[NaH].[NaH]. The number of thioether (sulfide) groups is 2. The van der Waals surface area contributed by atoms with Crippen LogP contribution in [0, 0.1) is 5.82 Å². The summed E-state index contributed by atoms with van der Waals surface area (Å²) in [4.78, 5) is 79.3. The van der Waals surface area contributed by atoms with Gasteiger partial charge in [0.2, 0.25) is 17.2 Å². The van der Waals surface area contributed by atoms with Crippen molar-refractivity contribution in [2.45, 2.75) is 55.2 Å². The Morgan fingerprint density at radius 2 is 1.84 bits per heavy atom. The molecule has 2 aromatic heterocycles. The van der Waals surface area contributed by atoms with Gasteiger partial charge in [-0.25, -0.2) is 14.0 Å². The number of thiophene rings is 1. The van der Waals surface area contributed by atoms with Gasteiger partial charge in [0.05, 0.1) is 44.0 Å². The number of anilines is 1. The van der Waals surface area contributed by atoms with E-state index in [4.69, 9.17) is 29.6 Å². The molecule has 22 heteroatoms. The summed E-state index contributed by atoms with van der Waals surface area (Å²) in [6.07, 6.45) is 3.34. The van der Waals surface area contributed by atoms with E-state index in [2.05, 4.69) is 10.6 Å². The number of pyridine rings is 1. The zero-order valence-corrected chi connectivity index (χ0v) is 32.1. The van der Waals surface area contributed by atoms with E-state index in [0.29, 0.717) is 13.0 Å². The van der Waals surface area contributed by atoms with Crippen LogP contribution in [0.5, 0.6) is 0 Å². The van der Waals surface area contributed by atoms with Crippen LogP contribution < -0.4 is 26.7 Å². The van der Waals surface area contributed by atoms with E-state index in [9.17, 15) is 39.0 Å². The molecule has 3 fully saturated rings. The van der Waals surface area contributed by atoms with Crippen molar-refractivity contribution >= 4 is 168 Å². The number of nitrogens with one attached hydrogen (secondary N) is 2. The molecule has 7 rings (SSSR count). The number of aromatic carboxylic acids is 1. The van der Waals surface area contributed by atoms with Crippen LogP contribution in [-0.4, -0.2) is 161 Å². The number of rotatable bonds is 12. The predicted molar refractivity (Wildman–Crippen MR) is 222 cm³/mol. The predicted octanol–water partition coefficient (Wildman–Crippen LogP) is 1.66. The van der Waals surface area contributed by atoms with Gasteiger partial charge in [-0.1, -0.05) is 29.9 Å². The Morgan fingerprint density at radius 3 is 2.48 bits per heavy atom. The molecule has 1 saturated carbocycles. The van der Waals surface area contributed by atoms with Crippen LogP contribution in [-0.2, 0) is 25.6 Å². The number of hydrogen-bond donors (Lipinski definition) is 5. The normalized spacial score (nSPS) is 20.7. The Labute approximate surface area is 386 Å². The number of carbonyl (C=O) groups is 5. The summed E-state index contributed by atoms with van der Waals surface area (Å²) in [5.74, 6) is -4.84. The van der Waals surface area contributed by atoms with Gasteiger partial charge in [0.15, 0.2) is 0 Å². The zero-order chi connectivity index (χ0) is 38.6. The van der Waals surface area contributed by atoms with E-state index in [-0.39, 0.29) is 139 Å². The Morgan fingerprint density at radius 1 is 1.11 bits per heavy atom. The van der Waals surface area contributed by atoms with Crippen molar-refractivity contribution in [3.05, 3.63) is 72.5 Å². The second-order valence-corrected chi connectivity index (χ2v) is 17.4. The fraction of sp³-hybridized carbons (Fsp3) is 0.382. The van der Waals surface area contributed by atoms with Gasteiger partial charge in [-0.3, -0.25) is 24.1 Å². The van der Waals surface area contributed by atoms with Crippen molar-refractivity contribution in [2.24, 2.45) is 5.73 Å². The van der Waals surface area contributed by atoms with Gasteiger partial charge in [0, 0.05) is 42.0 Å². The molecule has 4 atom stereocenters. The molecule has 2 saturated heterocycles. The molecule has 1 aromatic carbocycles. The third-order valence-corrected chi connectivity index (χ3v) is 13.7. The van der Waals surface area contributed by atoms with Gasteiger partial charge in [0.25, 0.3) is 5.91 Å². The van der Waals surface area contributed by atoms with Crippen LogP contribution >= 0.6 is 58.7 Å². The first-order valence-corrected chi connectivity index (χ1v) is 20.4. The van der Waals surface area contributed by atoms with Crippen molar-refractivity contribution in [2.75, 3.05) is 29.5 Å². The molecule has 0 spiro atoms. The third kappa shape index (κ3) is 8.94. The quantitative estimate of drug-likeness (QED) is 0.1000. The molecule has 288 valence electrons. The van der Waals surface area contributed by atoms with Crippen LogP contribution in [0.4, 0.5) is 10.1 Å². The first-order chi connectivity index (χ1) is 25.7. The molecule has 1 aliphatic carbocycles.